The lowest BCUT2D eigenvalue weighted by atomic mass is 10.1. The van der Waals surface area contributed by atoms with Gasteiger partial charge in [-0.3, -0.25) is 0 Å². The van der Waals surface area contributed by atoms with Crippen molar-refractivity contribution in [3.63, 3.8) is 0 Å². The highest BCUT2D eigenvalue weighted by molar-refractivity contribution is 7.89. The topological polar surface area (TPSA) is 63.4 Å². The first-order chi connectivity index (χ1) is 8.99. The van der Waals surface area contributed by atoms with E-state index in [4.69, 9.17) is 5.73 Å². The molecule has 2 N–H and O–H groups in total. The molecule has 0 aliphatic heterocycles. The van der Waals surface area contributed by atoms with E-state index in [0.717, 1.165) is 0 Å². The molecule has 0 heterocycles. The van der Waals surface area contributed by atoms with Gasteiger partial charge >= 0.3 is 6.18 Å². The zero-order valence-corrected chi connectivity index (χ0v) is 12.3. The molecule has 0 saturated carbocycles. The third kappa shape index (κ3) is 3.63. The molecule has 0 unspecified atom stereocenters. The minimum Gasteiger partial charge on any atom is -0.399 e. The van der Waals surface area contributed by atoms with E-state index < -0.39 is 22.7 Å². The highest BCUT2D eigenvalue weighted by Crippen LogP contribution is 2.28. The van der Waals surface area contributed by atoms with Crippen LogP contribution in [0.1, 0.15) is 18.1 Å². The molecule has 8 heteroatoms. The van der Waals surface area contributed by atoms with Gasteiger partial charge in [-0.15, -0.1) is 0 Å². The Balaban J connectivity index is 3.35. The summed E-state index contributed by atoms with van der Waals surface area (Å²) < 4.78 is 62.6. The number of halogens is 3. The molecule has 1 aromatic carbocycles. The average molecular weight is 310 g/mol. The maximum absolute atomic E-state index is 12.5. The van der Waals surface area contributed by atoms with Crippen LogP contribution < -0.4 is 5.73 Å². The van der Waals surface area contributed by atoms with Crippen LogP contribution in [-0.4, -0.2) is 32.0 Å². The van der Waals surface area contributed by atoms with Gasteiger partial charge in [-0.25, -0.2) is 8.42 Å². The third-order valence-corrected chi connectivity index (χ3v) is 5.02. The molecule has 0 spiro atoms. The Kier molecular flexibility index (Phi) is 4.70. The van der Waals surface area contributed by atoms with Crippen molar-refractivity contribution >= 4 is 15.7 Å². The van der Waals surface area contributed by atoms with Crippen molar-refractivity contribution in [2.45, 2.75) is 31.8 Å². The molecule has 0 amide bonds. The van der Waals surface area contributed by atoms with Crippen LogP contribution in [0.25, 0.3) is 0 Å². The molecule has 114 valence electrons. The highest BCUT2D eigenvalue weighted by Gasteiger charge is 2.37. The number of benzene rings is 1. The average Bonchev–Trinajstić information content (AvgIpc) is 2.22. The summed E-state index contributed by atoms with van der Waals surface area (Å²) in [5, 5.41) is 0. The van der Waals surface area contributed by atoms with E-state index in [9.17, 15) is 21.6 Å². The van der Waals surface area contributed by atoms with Crippen LogP contribution in [0.15, 0.2) is 17.0 Å². The number of alkyl halides is 3. The number of hydrogen-bond donors (Lipinski definition) is 1. The second kappa shape index (κ2) is 5.61. The lowest BCUT2D eigenvalue weighted by Crippen LogP contribution is -2.39. The van der Waals surface area contributed by atoms with Gasteiger partial charge in [-0.2, -0.15) is 17.5 Å². The van der Waals surface area contributed by atoms with E-state index in [1.165, 1.54) is 32.9 Å². The van der Waals surface area contributed by atoms with E-state index >= 15 is 0 Å². The Hall–Kier alpha value is -1.28. The molecule has 20 heavy (non-hydrogen) atoms. The van der Waals surface area contributed by atoms with Crippen molar-refractivity contribution in [1.29, 1.82) is 0 Å². The number of rotatable bonds is 4. The molecule has 0 aliphatic rings. The van der Waals surface area contributed by atoms with Gasteiger partial charge in [0.1, 0.15) is 6.54 Å². The summed E-state index contributed by atoms with van der Waals surface area (Å²) in [6.07, 6.45) is -4.58. The molecule has 0 fully saturated rings. The largest absolute Gasteiger partial charge is 0.402 e. The van der Waals surface area contributed by atoms with Gasteiger partial charge in [0.05, 0.1) is 4.90 Å². The van der Waals surface area contributed by atoms with Crippen molar-refractivity contribution in [3.8, 4) is 0 Å². The monoisotopic (exact) mass is 310 g/mol. The maximum atomic E-state index is 12.5. The SMILES string of the molecule is CCN(CC(F)(F)F)S(=O)(=O)c1c(C)cc(N)cc1C. The van der Waals surface area contributed by atoms with Crippen LogP contribution >= 0.6 is 0 Å². The molecule has 0 radical (unpaired) electrons. The summed E-state index contributed by atoms with van der Waals surface area (Å²) in [7, 11) is -4.20. The van der Waals surface area contributed by atoms with Gasteiger partial charge in [0.25, 0.3) is 0 Å². The van der Waals surface area contributed by atoms with E-state index in [-0.39, 0.29) is 11.4 Å². The van der Waals surface area contributed by atoms with Crippen molar-refractivity contribution in [3.05, 3.63) is 23.3 Å². The number of sulfonamides is 1. The van der Waals surface area contributed by atoms with Crippen molar-refractivity contribution in [1.82, 2.24) is 4.31 Å². The summed E-state index contributed by atoms with van der Waals surface area (Å²) in [6.45, 7) is 2.63. The smallest absolute Gasteiger partial charge is 0.399 e. The molecule has 0 bridgehead atoms. The Labute approximate surface area is 116 Å². The fourth-order valence-electron chi connectivity index (χ4n) is 2.09. The Morgan fingerprint density at radius 3 is 2.00 bits per heavy atom. The highest BCUT2D eigenvalue weighted by atomic mass is 32.2. The van der Waals surface area contributed by atoms with Gasteiger partial charge < -0.3 is 5.73 Å². The molecular formula is C12H17F3N2O2S. The van der Waals surface area contributed by atoms with E-state index in [0.29, 0.717) is 21.1 Å². The lowest BCUT2D eigenvalue weighted by Gasteiger charge is -2.24. The number of nitrogens with zero attached hydrogens (tertiary/aromatic N) is 1. The summed E-state index contributed by atoms with van der Waals surface area (Å²) in [5.74, 6) is 0. The molecule has 4 nitrogen and oxygen atoms in total. The first kappa shape index (κ1) is 16.8. The Morgan fingerprint density at radius 2 is 1.65 bits per heavy atom. The second-order valence-corrected chi connectivity index (χ2v) is 6.40. The summed E-state index contributed by atoms with van der Waals surface area (Å²) in [5.41, 5.74) is 6.64. The van der Waals surface area contributed by atoms with Gasteiger partial charge in [-0.1, -0.05) is 6.92 Å². The zero-order valence-electron chi connectivity index (χ0n) is 11.5. The van der Waals surface area contributed by atoms with E-state index in [1.54, 1.807) is 0 Å². The minimum absolute atomic E-state index is 0.113. The molecule has 0 aromatic heterocycles. The van der Waals surface area contributed by atoms with Gasteiger partial charge in [0, 0.05) is 12.2 Å². The number of hydrogen-bond acceptors (Lipinski definition) is 3. The number of nitrogens with two attached hydrogens (primary N) is 1. The van der Waals surface area contributed by atoms with Crippen LogP contribution in [0.5, 0.6) is 0 Å². The van der Waals surface area contributed by atoms with Crippen molar-refractivity contribution in [2.24, 2.45) is 0 Å². The third-order valence-electron chi connectivity index (χ3n) is 2.79. The second-order valence-electron chi connectivity index (χ2n) is 4.53. The molecule has 1 aromatic rings. The van der Waals surface area contributed by atoms with Crippen LogP contribution in [0.2, 0.25) is 0 Å². The van der Waals surface area contributed by atoms with E-state index in [1.807, 2.05) is 0 Å². The zero-order chi connectivity index (χ0) is 15.7. The van der Waals surface area contributed by atoms with Crippen LogP contribution in [0.4, 0.5) is 18.9 Å². The minimum atomic E-state index is -4.58. The fourth-order valence-corrected chi connectivity index (χ4v) is 3.93. The molecular weight excluding hydrogens is 293 g/mol. The summed E-state index contributed by atoms with van der Waals surface area (Å²) in [4.78, 5) is -0.113. The van der Waals surface area contributed by atoms with Crippen molar-refractivity contribution < 1.29 is 21.6 Å². The first-order valence-electron chi connectivity index (χ1n) is 5.92. The Morgan fingerprint density at radius 1 is 1.20 bits per heavy atom. The van der Waals surface area contributed by atoms with Gasteiger partial charge in [-0.05, 0) is 37.1 Å². The van der Waals surface area contributed by atoms with Crippen LogP contribution in [-0.2, 0) is 10.0 Å². The summed E-state index contributed by atoms with van der Waals surface area (Å²) in [6, 6.07) is 2.86. The maximum Gasteiger partial charge on any atom is 0.402 e. The Bertz CT molecular complexity index is 574. The van der Waals surface area contributed by atoms with Gasteiger partial charge in [0.2, 0.25) is 10.0 Å². The molecule has 0 aliphatic carbocycles. The van der Waals surface area contributed by atoms with E-state index in [2.05, 4.69) is 0 Å². The lowest BCUT2D eigenvalue weighted by molar-refractivity contribution is -0.135. The fraction of sp³-hybridized carbons (Fsp3) is 0.500. The van der Waals surface area contributed by atoms with Crippen LogP contribution in [0, 0.1) is 13.8 Å². The quantitative estimate of drug-likeness (QED) is 0.869. The van der Waals surface area contributed by atoms with Crippen LogP contribution in [0.3, 0.4) is 0 Å². The number of anilines is 1. The number of nitrogen functional groups attached to an aromatic ring is 1. The standard InChI is InChI=1S/C12H17F3N2O2S/c1-4-17(7-12(13,14)15)20(18,19)11-8(2)5-10(16)6-9(11)3/h5-6H,4,7,16H2,1-3H3. The predicted molar refractivity (Wildman–Crippen MR) is 70.8 cm³/mol. The molecule has 0 saturated heterocycles. The number of aryl methyl sites for hydroxylation is 2. The van der Waals surface area contributed by atoms with Crippen molar-refractivity contribution in [2.75, 3.05) is 18.8 Å². The molecule has 0 atom stereocenters. The predicted octanol–water partition coefficient (Wildman–Crippen LogP) is 2.46. The van der Waals surface area contributed by atoms with Gasteiger partial charge in [0.15, 0.2) is 0 Å². The first-order valence-corrected chi connectivity index (χ1v) is 7.36. The normalized spacial score (nSPS) is 12.9. The molecule has 1 rings (SSSR count). The summed E-state index contributed by atoms with van der Waals surface area (Å²) >= 11 is 0.